The first-order valence-electron chi connectivity index (χ1n) is 6.88. The summed E-state index contributed by atoms with van der Waals surface area (Å²) in [7, 11) is 1.67. The molecule has 2 unspecified atom stereocenters. The zero-order chi connectivity index (χ0) is 15.0. The summed E-state index contributed by atoms with van der Waals surface area (Å²) in [6, 6.07) is 7.96. The number of benzene rings is 1. The van der Waals surface area contributed by atoms with Crippen molar-refractivity contribution in [3.05, 3.63) is 24.3 Å². The van der Waals surface area contributed by atoms with Crippen LogP contribution in [0.2, 0.25) is 0 Å². The van der Waals surface area contributed by atoms with Gasteiger partial charge in [-0.1, -0.05) is 13.0 Å². The highest BCUT2D eigenvalue weighted by Gasteiger charge is 2.05. The number of rotatable bonds is 7. The van der Waals surface area contributed by atoms with E-state index in [9.17, 15) is 0 Å². The van der Waals surface area contributed by atoms with Crippen molar-refractivity contribution < 1.29 is 9.47 Å². The fourth-order valence-corrected chi connectivity index (χ4v) is 1.96. The topological polar surface area (TPSA) is 42.5 Å². The molecule has 0 amide bonds. The lowest BCUT2D eigenvalue weighted by Crippen LogP contribution is -2.38. The van der Waals surface area contributed by atoms with Gasteiger partial charge in [0.1, 0.15) is 5.75 Å². The van der Waals surface area contributed by atoms with Gasteiger partial charge in [-0.25, -0.2) is 0 Å². The number of thiocarbonyl (C=S) groups is 1. The average molecular weight is 296 g/mol. The average Bonchev–Trinajstić information content (AvgIpc) is 2.38. The second-order valence-electron chi connectivity index (χ2n) is 4.82. The van der Waals surface area contributed by atoms with Crippen molar-refractivity contribution in [1.29, 1.82) is 0 Å². The van der Waals surface area contributed by atoms with Gasteiger partial charge in [-0.15, -0.1) is 0 Å². The van der Waals surface area contributed by atoms with Crippen LogP contribution in [-0.2, 0) is 4.74 Å². The lowest BCUT2D eigenvalue weighted by Gasteiger charge is -2.17. The molecular weight excluding hydrogens is 272 g/mol. The molecule has 0 aliphatic heterocycles. The van der Waals surface area contributed by atoms with Crippen LogP contribution < -0.4 is 15.4 Å². The molecule has 112 valence electrons. The minimum absolute atomic E-state index is 0.166. The van der Waals surface area contributed by atoms with E-state index in [-0.39, 0.29) is 12.1 Å². The highest BCUT2D eigenvalue weighted by atomic mass is 32.1. The third-order valence-corrected chi connectivity index (χ3v) is 3.02. The van der Waals surface area contributed by atoms with Crippen molar-refractivity contribution in [2.24, 2.45) is 0 Å². The normalized spacial score (nSPS) is 13.4. The van der Waals surface area contributed by atoms with E-state index in [1.54, 1.807) is 7.11 Å². The molecule has 4 nitrogen and oxygen atoms in total. The van der Waals surface area contributed by atoms with Crippen LogP contribution in [0.1, 0.15) is 27.2 Å². The van der Waals surface area contributed by atoms with E-state index >= 15 is 0 Å². The molecule has 2 atom stereocenters. The van der Waals surface area contributed by atoms with Crippen LogP contribution in [0.4, 0.5) is 5.69 Å². The molecule has 0 heterocycles. The van der Waals surface area contributed by atoms with Gasteiger partial charge in [-0.2, -0.15) is 0 Å². The molecule has 0 radical (unpaired) electrons. The van der Waals surface area contributed by atoms with Crippen LogP contribution in [0.15, 0.2) is 24.3 Å². The highest BCUT2D eigenvalue weighted by molar-refractivity contribution is 7.80. The fraction of sp³-hybridized carbons (Fsp3) is 0.533. The van der Waals surface area contributed by atoms with Gasteiger partial charge in [0.2, 0.25) is 0 Å². The van der Waals surface area contributed by atoms with E-state index in [1.165, 1.54) is 0 Å². The maximum Gasteiger partial charge on any atom is 0.171 e. The van der Waals surface area contributed by atoms with Gasteiger partial charge >= 0.3 is 0 Å². The quantitative estimate of drug-likeness (QED) is 0.757. The maximum absolute atomic E-state index is 5.78. The zero-order valence-corrected chi connectivity index (χ0v) is 13.4. The van der Waals surface area contributed by atoms with E-state index in [4.69, 9.17) is 21.7 Å². The number of hydrogen-bond acceptors (Lipinski definition) is 3. The van der Waals surface area contributed by atoms with Crippen molar-refractivity contribution >= 4 is 23.0 Å². The molecule has 1 aromatic rings. The Labute approximate surface area is 126 Å². The van der Waals surface area contributed by atoms with Crippen LogP contribution in [0.5, 0.6) is 5.75 Å². The molecule has 5 heteroatoms. The molecule has 0 bridgehead atoms. The molecule has 0 aliphatic carbocycles. The van der Waals surface area contributed by atoms with Gasteiger partial charge in [0.05, 0.1) is 12.7 Å². The van der Waals surface area contributed by atoms with Gasteiger partial charge in [0, 0.05) is 24.9 Å². The Kier molecular flexibility index (Phi) is 7.33. The molecule has 0 aromatic heterocycles. The van der Waals surface area contributed by atoms with E-state index < -0.39 is 0 Å². The summed E-state index contributed by atoms with van der Waals surface area (Å²) in [5.41, 5.74) is 0.910. The van der Waals surface area contributed by atoms with Crippen molar-refractivity contribution in [1.82, 2.24) is 5.32 Å². The summed E-state index contributed by atoms with van der Waals surface area (Å²) in [6.07, 6.45) is 1.18. The Morgan fingerprint density at radius 2 is 2.10 bits per heavy atom. The van der Waals surface area contributed by atoms with Gasteiger partial charge in [0.25, 0.3) is 0 Å². The van der Waals surface area contributed by atoms with Gasteiger partial charge in [-0.3, -0.25) is 0 Å². The minimum Gasteiger partial charge on any atom is -0.491 e. The number of anilines is 1. The van der Waals surface area contributed by atoms with Crippen molar-refractivity contribution in [3.8, 4) is 5.75 Å². The fourth-order valence-electron chi connectivity index (χ4n) is 1.65. The lowest BCUT2D eigenvalue weighted by molar-refractivity contribution is 0.179. The summed E-state index contributed by atoms with van der Waals surface area (Å²) in [5, 5.41) is 6.88. The summed E-state index contributed by atoms with van der Waals surface area (Å²) in [6.45, 7) is 6.78. The highest BCUT2D eigenvalue weighted by Crippen LogP contribution is 2.19. The van der Waals surface area contributed by atoms with Gasteiger partial charge in [0.15, 0.2) is 5.11 Å². The predicted octanol–water partition coefficient (Wildman–Crippen LogP) is 3.19. The SMILES string of the molecule is CCC(C)Oc1cccc(NC(=S)NC(C)COC)c1. The molecule has 1 aromatic carbocycles. The zero-order valence-electron chi connectivity index (χ0n) is 12.6. The van der Waals surface area contributed by atoms with Crippen LogP contribution >= 0.6 is 12.2 Å². The molecular formula is C15H24N2O2S. The molecule has 20 heavy (non-hydrogen) atoms. The number of hydrogen-bond donors (Lipinski definition) is 2. The van der Waals surface area contributed by atoms with E-state index in [1.807, 2.05) is 31.2 Å². The first-order valence-corrected chi connectivity index (χ1v) is 7.29. The van der Waals surface area contributed by atoms with Crippen LogP contribution in [-0.4, -0.2) is 31.0 Å². The summed E-state index contributed by atoms with van der Waals surface area (Å²) in [4.78, 5) is 0. The van der Waals surface area contributed by atoms with Crippen LogP contribution in [0, 0.1) is 0 Å². The van der Waals surface area contributed by atoms with Crippen molar-refractivity contribution in [3.63, 3.8) is 0 Å². The number of nitrogens with one attached hydrogen (secondary N) is 2. The van der Waals surface area contributed by atoms with E-state index in [0.717, 1.165) is 17.9 Å². The minimum atomic E-state index is 0.166. The van der Waals surface area contributed by atoms with E-state index in [0.29, 0.717) is 11.7 Å². The Morgan fingerprint density at radius 3 is 2.75 bits per heavy atom. The Bertz CT molecular complexity index is 426. The molecule has 1 rings (SSSR count). The maximum atomic E-state index is 5.78. The van der Waals surface area contributed by atoms with Gasteiger partial charge < -0.3 is 20.1 Å². The Balaban J connectivity index is 2.55. The van der Waals surface area contributed by atoms with Crippen molar-refractivity contribution in [2.75, 3.05) is 19.0 Å². The third kappa shape index (κ3) is 6.21. The second-order valence-corrected chi connectivity index (χ2v) is 5.23. The van der Waals surface area contributed by atoms with Crippen molar-refractivity contribution in [2.45, 2.75) is 39.3 Å². The summed E-state index contributed by atoms with van der Waals surface area (Å²) < 4.78 is 10.8. The van der Waals surface area contributed by atoms with Crippen LogP contribution in [0.25, 0.3) is 0 Å². The Hall–Kier alpha value is -1.33. The molecule has 2 N–H and O–H groups in total. The number of ether oxygens (including phenoxy) is 2. The Morgan fingerprint density at radius 1 is 1.35 bits per heavy atom. The summed E-state index contributed by atoms with van der Waals surface area (Å²) >= 11 is 5.26. The summed E-state index contributed by atoms with van der Waals surface area (Å²) in [5.74, 6) is 0.845. The standard InChI is InChI=1S/C15H24N2O2S/c1-5-12(3)19-14-8-6-7-13(9-14)17-15(20)16-11(2)10-18-4/h6-9,11-12H,5,10H2,1-4H3,(H2,16,17,20). The molecule has 0 spiro atoms. The third-order valence-electron chi connectivity index (χ3n) is 2.80. The van der Waals surface area contributed by atoms with E-state index in [2.05, 4.69) is 24.5 Å². The molecule has 0 fully saturated rings. The monoisotopic (exact) mass is 296 g/mol. The predicted molar refractivity (Wildman–Crippen MR) is 87.5 cm³/mol. The second kappa shape index (κ2) is 8.76. The molecule has 0 saturated carbocycles. The number of methoxy groups -OCH3 is 1. The largest absolute Gasteiger partial charge is 0.491 e. The molecule has 0 saturated heterocycles. The first kappa shape index (κ1) is 16.7. The van der Waals surface area contributed by atoms with Gasteiger partial charge in [-0.05, 0) is 44.6 Å². The molecule has 0 aliphatic rings. The first-order chi connectivity index (χ1) is 9.55. The smallest absolute Gasteiger partial charge is 0.171 e. The van der Waals surface area contributed by atoms with Crippen LogP contribution in [0.3, 0.4) is 0 Å². The lowest BCUT2D eigenvalue weighted by atomic mass is 10.3.